The molecule has 0 aromatic heterocycles. The van der Waals surface area contributed by atoms with Crippen molar-refractivity contribution in [2.24, 2.45) is 17.8 Å². The lowest BCUT2D eigenvalue weighted by Gasteiger charge is -2.57. The van der Waals surface area contributed by atoms with Crippen molar-refractivity contribution >= 4 is 23.3 Å². The molecule has 1 aromatic carbocycles. The Labute approximate surface area is 161 Å². The third-order valence-electron chi connectivity index (χ3n) is 6.35. The Morgan fingerprint density at radius 1 is 1.15 bits per heavy atom. The van der Waals surface area contributed by atoms with Gasteiger partial charge in [0.15, 0.2) is 11.2 Å². The summed E-state index contributed by atoms with van der Waals surface area (Å²) in [6, 6.07) is 9.10. The van der Waals surface area contributed by atoms with Gasteiger partial charge in [-0.2, -0.15) is 0 Å². The van der Waals surface area contributed by atoms with E-state index in [2.05, 4.69) is 10.6 Å². The molecule has 0 aliphatic heterocycles. The molecule has 2 N–H and O–H groups in total. The standard InChI is InChI=1S/C21H28N2O2S/c1-2-25-19(24)18(17-6-4-3-5-7-17)22-20(26)23-21-11-14-8-15(12-21)10-16(9-14)13-21/h3-7,14-16,18H,2,8-13H2,1H3,(H2,22,23,26). The van der Waals surface area contributed by atoms with E-state index in [1.165, 1.54) is 38.5 Å². The topological polar surface area (TPSA) is 50.4 Å². The maximum absolute atomic E-state index is 12.5. The highest BCUT2D eigenvalue weighted by atomic mass is 32.1. The van der Waals surface area contributed by atoms with E-state index in [9.17, 15) is 4.79 Å². The van der Waals surface area contributed by atoms with E-state index in [0.29, 0.717) is 11.7 Å². The molecule has 4 fully saturated rings. The van der Waals surface area contributed by atoms with Gasteiger partial charge in [0.25, 0.3) is 0 Å². The van der Waals surface area contributed by atoms with Crippen LogP contribution < -0.4 is 10.6 Å². The maximum atomic E-state index is 12.5. The van der Waals surface area contributed by atoms with E-state index in [1.54, 1.807) is 0 Å². The number of thiocarbonyl (C=S) groups is 1. The second-order valence-corrected chi connectivity index (χ2v) is 8.80. The lowest BCUT2D eigenvalue weighted by atomic mass is 9.53. The molecule has 0 heterocycles. The normalized spacial score (nSPS) is 32.7. The summed E-state index contributed by atoms with van der Waals surface area (Å²) in [5, 5.41) is 7.45. The molecule has 0 amide bonds. The monoisotopic (exact) mass is 372 g/mol. The molecule has 1 atom stereocenters. The van der Waals surface area contributed by atoms with E-state index < -0.39 is 6.04 Å². The van der Waals surface area contributed by atoms with Crippen molar-refractivity contribution in [2.45, 2.75) is 57.0 Å². The van der Waals surface area contributed by atoms with Crippen molar-refractivity contribution in [3.63, 3.8) is 0 Å². The molecule has 26 heavy (non-hydrogen) atoms. The zero-order valence-corrected chi connectivity index (χ0v) is 16.2. The number of carbonyl (C=O) groups excluding carboxylic acids is 1. The predicted octanol–water partition coefficient (Wildman–Crippen LogP) is 3.72. The molecule has 4 aliphatic rings. The van der Waals surface area contributed by atoms with Crippen LogP contribution in [0.4, 0.5) is 0 Å². The van der Waals surface area contributed by atoms with Crippen LogP contribution in [0.15, 0.2) is 30.3 Å². The van der Waals surface area contributed by atoms with E-state index in [0.717, 1.165) is 23.3 Å². The second-order valence-electron chi connectivity index (χ2n) is 8.39. The lowest BCUT2D eigenvalue weighted by Crippen LogP contribution is -2.61. The molecule has 5 heteroatoms. The Morgan fingerprint density at radius 2 is 1.73 bits per heavy atom. The van der Waals surface area contributed by atoms with Gasteiger partial charge >= 0.3 is 5.97 Å². The molecule has 5 rings (SSSR count). The molecule has 0 radical (unpaired) electrons. The summed E-state index contributed by atoms with van der Waals surface area (Å²) < 4.78 is 5.26. The summed E-state index contributed by atoms with van der Waals surface area (Å²) in [6.45, 7) is 2.19. The van der Waals surface area contributed by atoms with Crippen molar-refractivity contribution in [1.82, 2.24) is 10.6 Å². The van der Waals surface area contributed by atoms with E-state index >= 15 is 0 Å². The minimum absolute atomic E-state index is 0.134. The number of nitrogens with one attached hydrogen (secondary N) is 2. The summed E-state index contributed by atoms with van der Waals surface area (Å²) in [6.07, 6.45) is 7.85. The van der Waals surface area contributed by atoms with Crippen LogP contribution in [-0.4, -0.2) is 23.2 Å². The Hall–Kier alpha value is -1.62. The fraction of sp³-hybridized carbons (Fsp3) is 0.619. The van der Waals surface area contributed by atoms with Gasteiger partial charge < -0.3 is 15.4 Å². The Bertz CT molecular complexity index is 641. The van der Waals surface area contributed by atoms with Crippen LogP contribution in [0.1, 0.15) is 57.1 Å². The molecular formula is C21H28N2O2S. The lowest BCUT2D eigenvalue weighted by molar-refractivity contribution is -0.145. The van der Waals surface area contributed by atoms with E-state index in [-0.39, 0.29) is 11.5 Å². The van der Waals surface area contributed by atoms with Crippen molar-refractivity contribution in [2.75, 3.05) is 6.61 Å². The minimum Gasteiger partial charge on any atom is -0.464 e. The van der Waals surface area contributed by atoms with Crippen LogP contribution in [-0.2, 0) is 9.53 Å². The van der Waals surface area contributed by atoms with Crippen molar-refractivity contribution in [3.8, 4) is 0 Å². The molecular weight excluding hydrogens is 344 g/mol. The largest absolute Gasteiger partial charge is 0.464 e. The molecule has 4 aliphatic carbocycles. The first-order valence-corrected chi connectivity index (χ1v) is 10.3. The van der Waals surface area contributed by atoms with Gasteiger partial charge in [-0.1, -0.05) is 30.3 Å². The summed E-state index contributed by atoms with van der Waals surface area (Å²) in [5.74, 6) is 2.28. The van der Waals surface area contributed by atoms with Crippen LogP contribution in [0.25, 0.3) is 0 Å². The molecule has 140 valence electrons. The molecule has 0 spiro atoms. The third-order valence-corrected chi connectivity index (χ3v) is 6.57. The zero-order valence-electron chi connectivity index (χ0n) is 15.4. The summed E-state index contributed by atoms with van der Waals surface area (Å²) >= 11 is 5.64. The number of hydrogen-bond acceptors (Lipinski definition) is 3. The highest BCUT2D eigenvalue weighted by Crippen LogP contribution is 2.55. The van der Waals surface area contributed by atoms with Crippen LogP contribution in [0.2, 0.25) is 0 Å². The zero-order chi connectivity index (χ0) is 18.1. The number of benzene rings is 1. The summed E-state index contributed by atoms with van der Waals surface area (Å²) in [5.41, 5.74) is 1.01. The molecule has 4 saturated carbocycles. The van der Waals surface area contributed by atoms with Gasteiger partial charge in [-0.3, -0.25) is 0 Å². The second kappa shape index (κ2) is 7.18. The summed E-state index contributed by atoms with van der Waals surface area (Å²) in [7, 11) is 0. The van der Waals surface area contributed by atoms with Gasteiger partial charge in [-0.15, -0.1) is 0 Å². The third kappa shape index (κ3) is 3.59. The first-order chi connectivity index (χ1) is 12.6. The van der Waals surface area contributed by atoms with Gasteiger partial charge in [-0.25, -0.2) is 4.79 Å². The smallest absolute Gasteiger partial charge is 0.333 e. The van der Waals surface area contributed by atoms with Gasteiger partial charge in [-0.05, 0) is 81.0 Å². The molecule has 0 saturated heterocycles. The number of carbonyl (C=O) groups is 1. The van der Waals surface area contributed by atoms with E-state index in [1.807, 2.05) is 37.3 Å². The minimum atomic E-state index is -0.565. The van der Waals surface area contributed by atoms with Crippen LogP contribution in [0.3, 0.4) is 0 Å². The molecule has 1 unspecified atom stereocenters. The number of esters is 1. The first kappa shape index (κ1) is 17.8. The van der Waals surface area contributed by atoms with Crippen LogP contribution in [0.5, 0.6) is 0 Å². The highest BCUT2D eigenvalue weighted by Gasteiger charge is 2.51. The Kier molecular flexibility index (Phi) is 4.91. The Balaban J connectivity index is 1.46. The average molecular weight is 373 g/mol. The molecule has 4 bridgehead atoms. The molecule has 4 nitrogen and oxygen atoms in total. The van der Waals surface area contributed by atoms with Crippen molar-refractivity contribution in [3.05, 3.63) is 35.9 Å². The summed E-state index contributed by atoms with van der Waals surface area (Å²) in [4.78, 5) is 12.5. The van der Waals surface area contributed by atoms with Crippen molar-refractivity contribution in [1.29, 1.82) is 0 Å². The van der Waals surface area contributed by atoms with Gasteiger partial charge in [0.05, 0.1) is 6.61 Å². The van der Waals surface area contributed by atoms with Crippen LogP contribution >= 0.6 is 12.2 Å². The SMILES string of the molecule is CCOC(=O)C(NC(=S)NC12CC3CC(CC(C3)C1)C2)c1ccccc1. The van der Waals surface area contributed by atoms with E-state index in [4.69, 9.17) is 17.0 Å². The average Bonchev–Trinajstić information content (AvgIpc) is 2.59. The van der Waals surface area contributed by atoms with Gasteiger partial charge in [0, 0.05) is 5.54 Å². The van der Waals surface area contributed by atoms with Crippen LogP contribution in [0, 0.1) is 17.8 Å². The van der Waals surface area contributed by atoms with Gasteiger partial charge in [0.1, 0.15) is 0 Å². The Morgan fingerprint density at radius 3 is 2.27 bits per heavy atom. The molecule has 1 aromatic rings. The quantitative estimate of drug-likeness (QED) is 0.609. The fourth-order valence-electron chi connectivity index (χ4n) is 5.82. The fourth-order valence-corrected chi connectivity index (χ4v) is 6.16. The number of rotatable bonds is 5. The number of ether oxygens (including phenoxy) is 1. The van der Waals surface area contributed by atoms with Crippen molar-refractivity contribution < 1.29 is 9.53 Å². The maximum Gasteiger partial charge on any atom is 0.333 e. The first-order valence-electron chi connectivity index (χ1n) is 9.87. The number of hydrogen-bond donors (Lipinski definition) is 2. The van der Waals surface area contributed by atoms with Gasteiger partial charge in [0.2, 0.25) is 0 Å². The predicted molar refractivity (Wildman–Crippen MR) is 106 cm³/mol. The highest BCUT2D eigenvalue weighted by molar-refractivity contribution is 7.80.